The van der Waals surface area contributed by atoms with E-state index in [0.29, 0.717) is 5.82 Å². The molecule has 0 saturated carbocycles. The van der Waals surface area contributed by atoms with E-state index in [9.17, 15) is 0 Å². The van der Waals surface area contributed by atoms with Crippen LogP contribution < -0.4 is 0 Å². The number of aromatic nitrogens is 3. The highest BCUT2D eigenvalue weighted by Crippen LogP contribution is 2.46. The SMILES string of the molecule is c1ccc(-c2ccc(-c3nc(-c4ccccc4)cc(-c4ccc(-c5ccc6nc(-c7cc8ccccc8c8ccccc78)c7c8ccccc8sc7c6c5)cc4)n3)cc2)cc1. The fraction of sp³-hybridized carbons (Fsp3) is 0. The number of pyridine rings is 1. The summed E-state index contributed by atoms with van der Waals surface area (Å²) in [6.07, 6.45) is 0. The Morgan fingerprint density at radius 3 is 1.59 bits per heavy atom. The molecule has 0 fully saturated rings. The maximum atomic E-state index is 5.52. The van der Waals surface area contributed by atoms with Crippen LogP contribution >= 0.6 is 11.3 Å². The van der Waals surface area contributed by atoms with Crippen molar-refractivity contribution in [3.63, 3.8) is 0 Å². The zero-order chi connectivity index (χ0) is 40.3. The molecule has 0 spiro atoms. The van der Waals surface area contributed by atoms with Crippen molar-refractivity contribution in [2.24, 2.45) is 0 Å². The molecule has 0 unspecified atom stereocenters. The summed E-state index contributed by atoms with van der Waals surface area (Å²) in [7, 11) is 0. The fourth-order valence-electron chi connectivity index (χ4n) is 8.84. The van der Waals surface area contributed by atoms with Crippen molar-refractivity contribution in [2.45, 2.75) is 0 Å². The highest BCUT2D eigenvalue weighted by Gasteiger charge is 2.20. The van der Waals surface area contributed by atoms with Gasteiger partial charge in [-0.2, -0.15) is 0 Å². The average molecular weight is 794 g/mol. The molecule has 12 rings (SSSR count). The summed E-state index contributed by atoms with van der Waals surface area (Å²) in [6, 6.07) is 75.5. The van der Waals surface area contributed by atoms with Crippen molar-refractivity contribution in [3.8, 4) is 67.4 Å². The van der Waals surface area contributed by atoms with Crippen LogP contribution in [0.15, 0.2) is 212 Å². The summed E-state index contributed by atoms with van der Waals surface area (Å²) in [5.74, 6) is 0.700. The number of hydrogen-bond donors (Lipinski definition) is 0. The lowest BCUT2D eigenvalue weighted by molar-refractivity contribution is 1.18. The summed E-state index contributed by atoms with van der Waals surface area (Å²) in [5, 5.41) is 8.56. The minimum atomic E-state index is 0.700. The molecular formula is C57H35N3S. The van der Waals surface area contributed by atoms with E-state index >= 15 is 0 Å². The molecule has 0 aliphatic rings. The first-order chi connectivity index (χ1) is 30.2. The van der Waals surface area contributed by atoms with Crippen LogP contribution in [0.3, 0.4) is 0 Å². The van der Waals surface area contributed by atoms with Crippen LogP contribution in [0.2, 0.25) is 0 Å². The average Bonchev–Trinajstić information content (AvgIpc) is 3.74. The smallest absolute Gasteiger partial charge is 0.160 e. The standard InChI is InChI=1S/C57H35N3S/c1-3-13-36(14-4-1)37-25-29-41(30-26-37)57-59-51(39-15-5-2-6-16-39)35-52(60-57)40-27-23-38(24-28-40)42-31-32-50-49(33-42)56-54(47-21-11-12-22-53(47)61-56)55(58-50)48-34-43-17-7-8-18-44(43)45-19-9-10-20-46(45)48/h1-35H. The van der Waals surface area contributed by atoms with E-state index in [4.69, 9.17) is 15.0 Å². The summed E-state index contributed by atoms with van der Waals surface area (Å²) >= 11 is 1.86. The maximum absolute atomic E-state index is 5.52. The Morgan fingerprint density at radius 1 is 0.328 bits per heavy atom. The van der Waals surface area contributed by atoms with Crippen LogP contribution in [0.25, 0.3) is 120 Å². The lowest BCUT2D eigenvalue weighted by Crippen LogP contribution is -1.96. The van der Waals surface area contributed by atoms with Gasteiger partial charge in [0.05, 0.1) is 22.6 Å². The minimum Gasteiger partial charge on any atom is -0.247 e. The van der Waals surface area contributed by atoms with Gasteiger partial charge in [-0.1, -0.05) is 182 Å². The zero-order valence-electron chi connectivity index (χ0n) is 33.0. The van der Waals surface area contributed by atoms with Gasteiger partial charge in [0.2, 0.25) is 0 Å². The third kappa shape index (κ3) is 6.16. The van der Waals surface area contributed by atoms with E-state index in [1.807, 2.05) is 23.5 Å². The van der Waals surface area contributed by atoms with E-state index in [2.05, 4.69) is 200 Å². The predicted molar refractivity (Wildman–Crippen MR) is 258 cm³/mol. The molecule has 3 heterocycles. The maximum Gasteiger partial charge on any atom is 0.160 e. The molecule has 0 atom stereocenters. The zero-order valence-corrected chi connectivity index (χ0v) is 33.8. The van der Waals surface area contributed by atoms with E-state index in [-0.39, 0.29) is 0 Å². The normalized spacial score (nSPS) is 11.6. The van der Waals surface area contributed by atoms with Gasteiger partial charge in [0.25, 0.3) is 0 Å². The highest BCUT2D eigenvalue weighted by molar-refractivity contribution is 7.26. The van der Waals surface area contributed by atoms with Gasteiger partial charge in [0.1, 0.15) is 0 Å². The predicted octanol–water partition coefficient (Wildman–Crippen LogP) is 15.7. The molecule has 0 N–H and O–H groups in total. The number of benzene rings is 9. The number of nitrogens with zero attached hydrogens (tertiary/aromatic N) is 3. The van der Waals surface area contributed by atoms with Crippen molar-refractivity contribution in [1.29, 1.82) is 0 Å². The van der Waals surface area contributed by atoms with Gasteiger partial charge in [0, 0.05) is 47.8 Å². The molecule has 61 heavy (non-hydrogen) atoms. The molecule has 0 radical (unpaired) electrons. The largest absolute Gasteiger partial charge is 0.247 e. The lowest BCUT2D eigenvalue weighted by Gasteiger charge is -2.14. The Morgan fingerprint density at radius 2 is 0.852 bits per heavy atom. The molecule has 12 aromatic rings. The Hall–Kier alpha value is -7.79. The minimum absolute atomic E-state index is 0.700. The summed E-state index contributed by atoms with van der Waals surface area (Å²) < 4.78 is 2.52. The van der Waals surface area contributed by atoms with Gasteiger partial charge < -0.3 is 0 Å². The van der Waals surface area contributed by atoms with E-state index < -0.39 is 0 Å². The Labute approximate surface area is 356 Å². The van der Waals surface area contributed by atoms with Crippen molar-refractivity contribution in [1.82, 2.24) is 15.0 Å². The quantitative estimate of drug-likeness (QED) is 0.157. The van der Waals surface area contributed by atoms with Crippen LogP contribution in [-0.4, -0.2) is 15.0 Å². The van der Waals surface area contributed by atoms with Crippen LogP contribution in [0.5, 0.6) is 0 Å². The molecule has 0 aliphatic carbocycles. The Kier molecular flexibility index (Phi) is 8.36. The third-order valence-electron chi connectivity index (χ3n) is 11.9. The van der Waals surface area contributed by atoms with E-state index in [1.165, 1.54) is 47.3 Å². The first kappa shape index (κ1) is 35.2. The number of thiophene rings is 1. The lowest BCUT2D eigenvalue weighted by atomic mass is 9.93. The molecule has 9 aromatic carbocycles. The van der Waals surface area contributed by atoms with Crippen LogP contribution in [0, 0.1) is 0 Å². The van der Waals surface area contributed by atoms with Crippen molar-refractivity contribution >= 4 is 64.0 Å². The molecule has 3 aromatic heterocycles. The second kappa shape index (κ2) is 14.5. The fourth-order valence-corrected chi connectivity index (χ4v) is 10.1. The van der Waals surface area contributed by atoms with Crippen molar-refractivity contribution in [2.75, 3.05) is 0 Å². The topological polar surface area (TPSA) is 38.7 Å². The summed E-state index contributed by atoms with van der Waals surface area (Å²) in [5.41, 5.74) is 12.7. The second-order valence-corrected chi connectivity index (χ2v) is 16.6. The molecule has 0 bridgehead atoms. The molecule has 0 aliphatic heterocycles. The number of fused-ring (bicyclic) bond motifs is 8. The number of hydrogen-bond acceptors (Lipinski definition) is 4. The van der Waals surface area contributed by atoms with Gasteiger partial charge in [0.15, 0.2) is 5.82 Å². The molecule has 284 valence electrons. The van der Waals surface area contributed by atoms with Crippen LogP contribution in [-0.2, 0) is 0 Å². The monoisotopic (exact) mass is 793 g/mol. The Bertz CT molecular complexity index is 3610. The Balaban J connectivity index is 0.961. The molecule has 0 saturated heterocycles. The van der Waals surface area contributed by atoms with Crippen molar-refractivity contribution in [3.05, 3.63) is 212 Å². The van der Waals surface area contributed by atoms with Gasteiger partial charge in [-0.25, -0.2) is 15.0 Å². The third-order valence-corrected chi connectivity index (χ3v) is 13.1. The second-order valence-electron chi connectivity index (χ2n) is 15.5. The van der Waals surface area contributed by atoms with Gasteiger partial charge in [-0.05, 0) is 74.1 Å². The number of rotatable bonds is 6. The van der Waals surface area contributed by atoms with Crippen LogP contribution in [0.4, 0.5) is 0 Å². The molecule has 3 nitrogen and oxygen atoms in total. The highest BCUT2D eigenvalue weighted by atomic mass is 32.1. The van der Waals surface area contributed by atoms with Gasteiger partial charge >= 0.3 is 0 Å². The molecule has 0 amide bonds. The summed E-state index contributed by atoms with van der Waals surface area (Å²) in [4.78, 5) is 15.7. The molecular weight excluding hydrogens is 759 g/mol. The van der Waals surface area contributed by atoms with E-state index in [1.54, 1.807) is 0 Å². The van der Waals surface area contributed by atoms with Crippen molar-refractivity contribution < 1.29 is 0 Å². The van der Waals surface area contributed by atoms with Gasteiger partial charge in [-0.3, -0.25) is 0 Å². The van der Waals surface area contributed by atoms with Crippen LogP contribution in [0.1, 0.15) is 0 Å². The first-order valence-corrected chi connectivity index (χ1v) is 21.4. The van der Waals surface area contributed by atoms with Gasteiger partial charge in [-0.15, -0.1) is 11.3 Å². The van der Waals surface area contributed by atoms with E-state index in [0.717, 1.165) is 66.9 Å². The molecule has 4 heteroatoms. The summed E-state index contributed by atoms with van der Waals surface area (Å²) in [6.45, 7) is 0. The first-order valence-electron chi connectivity index (χ1n) is 20.6.